The summed E-state index contributed by atoms with van der Waals surface area (Å²) in [5, 5.41) is 4.19. The number of carbonyl (C=O) groups excluding carboxylic acids is 1. The summed E-state index contributed by atoms with van der Waals surface area (Å²) < 4.78 is 8.50. The molecule has 1 atom stereocenters. The highest BCUT2D eigenvalue weighted by Crippen LogP contribution is 2.31. The predicted octanol–water partition coefficient (Wildman–Crippen LogP) is 5.31. The molecule has 1 N–H and O–H groups in total. The van der Waals surface area contributed by atoms with Gasteiger partial charge in [0.15, 0.2) is 6.10 Å². The summed E-state index contributed by atoms with van der Waals surface area (Å²) in [7, 11) is 1.51. The molecule has 0 aliphatic carbocycles. The molecule has 0 spiro atoms. The van der Waals surface area contributed by atoms with Crippen molar-refractivity contribution in [2.75, 3.05) is 7.11 Å². The van der Waals surface area contributed by atoms with E-state index < -0.39 is 6.10 Å². The van der Waals surface area contributed by atoms with Crippen LogP contribution in [0.25, 0.3) is 5.69 Å². The van der Waals surface area contributed by atoms with Gasteiger partial charge >= 0.3 is 0 Å². The number of hydrogen-bond acceptors (Lipinski definition) is 3. The van der Waals surface area contributed by atoms with E-state index in [2.05, 4.69) is 70.0 Å². The van der Waals surface area contributed by atoms with E-state index in [1.165, 1.54) is 18.2 Å². The number of methoxy groups -OCH3 is 1. The molecule has 0 aliphatic rings. The van der Waals surface area contributed by atoms with Crippen LogP contribution in [0.15, 0.2) is 58.1 Å². The molecular formula is C24H26BrN3O2. The van der Waals surface area contributed by atoms with Gasteiger partial charge in [0.25, 0.3) is 5.91 Å². The topological polar surface area (TPSA) is 55.6 Å². The molecule has 3 rings (SSSR count). The van der Waals surface area contributed by atoms with E-state index in [0.29, 0.717) is 0 Å². The summed E-state index contributed by atoms with van der Waals surface area (Å²) in [6, 6.07) is 15.8. The molecule has 1 aromatic heterocycles. The number of hydrogen-bond donors (Lipinski definition) is 1. The summed E-state index contributed by atoms with van der Waals surface area (Å²) in [5.41, 5.74) is 9.97. The lowest BCUT2D eigenvalue weighted by Crippen LogP contribution is -2.26. The van der Waals surface area contributed by atoms with Crippen LogP contribution in [0.4, 0.5) is 0 Å². The van der Waals surface area contributed by atoms with Gasteiger partial charge in [0, 0.05) is 34.2 Å². The number of nitrogens with one attached hydrogen (secondary N) is 1. The van der Waals surface area contributed by atoms with Gasteiger partial charge in [-0.1, -0.05) is 48.0 Å². The quantitative estimate of drug-likeness (QED) is 0.394. The molecule has 2 aromatic carbocycles. The van der Waals surface area contributed by atoms with E-state index in [4.69, 9.17) is 4.74 Å². The molecule has 0 fully saturated rings. The molecule has 30 heavy (non-hydrogen) atoms. The van der Waals surface area contributed by atoms with Crippen molar-refractivity contribution in [3.63, 3.8) is 0 Å². The smallest absolute Gasteiger partial charge is 0.273 e. The van der Waals surface area contributed by atoms with Gasteiger partial charge in [0.1, 0.15) is 0 Å². The van der Waals surface area contributed by atoms with Gasteiger partial charge in [-0.25, -0.2) is 5.43 Å². The van der Waals surface area contributed by atoms with Gasteiger partial charge in [-0.2, -0.15) is 5.10 Å². The normalized spacial score (nSPS) is 12.3. The van der Waals surface area contributed by atoms with Crippen LogP contribution in [0.2, 0.25) is 0 Å². The minimum absolute atomic E-state index is 0.320. The maximum absolute atomic E-state index is 12.5. The van der Waals surface area contributed by atoms with Crippen LogP contribution in [-0.2, 0) is 9.53 Å². The Labute approximate surface area is 185 Å². The van der Waals surface area contributed by atoms with E-state index in [9.17, 15) is 4.79 Å². The third kappa shape index (κ3) is 4.40. The first-order valence-electron chi connectivity index (χ1n) is 9.70. The SMILES string of the molecule is CO[C@H](C(=O)N/N=C\c1c(Br)c(C)n(-c2ccc(C)cc2C)c1C)c1ccccc1. The van der Waals surface area contributed by atoms with Crippen LogP contribution in [0, 0.1) is 27.7 Å². The standard InChI is InChI=1S/C24H26BrN3O2/c1-15-11-12-21(16(2)13-15)28-17(3)20(22(25)18(28)4)14-26-27-24(29)23(30-5)19-9-7-6-8-10-19/h6-14,23H,1-5H3,(H,27,29)/b26-14-/t23-/m0/s1. The molecule has 0 unspecified atom stereocenters. The Balaban J connectivity index is 1.85. The Bertz CT molecular complexity index is 1090. The van der Waals surface area contributed by atoms with E-state index in [1.807, 2.05) is 37.3 Å². The molecule has 0 bridgehead atoms. The molecule has 1 amide bonds. The number of rotatable bonds is 6. The number of aromatic nitrogens is 1. The Morgan fingerprint density at radius 1 is 1.10 bits per heavy atom. The van der Waals surface area contributed by atoms with Crippen molar-refractivity contribution in [2.24, 2.45) is 5.10 Å². The minimum atomic E-state index is -0.713. The second-order valence-corrected chi connectivity index (χ2v) is 8.08. The third-order valence-corrected chi connectivity index (χ3v) is 6.15. The second-order valence-electron chi connectivity index (χ2n) is 7.28. The highest BCUT2D eigenvalue weighted by molar-refractivity contribution is 9.10. The van der Waals surface area contributed by atoms with Crippen LogP contribution in [-0.4, -0.2) is 23.8 Å². The Morgan fingerprint density at radius 2 is 1.80 bits per heavy atom. The monoisotopic (exact) mass is 467 g/mol. The fourth-order valence-corrected chi connectivity index (χ4v) is 4.20. The number of ether oxygens (including phenoxy) is 1. The number of carbonyl (C=O) groups is 1. The molecular weight excluding hydrogens is 442 g/mol. The Kier molecular flexibility index (Phi) is 6.90. The van der Waals surface area contributed by atoms with Crippen molar-refractivity contribution in [1.29, 1.82) is 0 Å². The minimum Gasteiger partial charge on any atom is -0.367 e. The zero-order chi connectivity index (χ0) is 21.8. The molecule has 1 heterocycles. The van der Waals surface area contributed by atoms with Gasteiger partial charge < -0.3 is 9.30 Å². The molecule has 6 heteroatoms. The van der Waals surface area contributed by atoms with Crippen LogP contribution >= 0.6 is 15.9 Å². The third-order valence-electron chi connectivity index (χ3n) is 5.15. The van der Waals surface area contributed by atoms with E-state index in [-0.39, 0.29) is 5.91 Å². The van der Waals surface area contributed by atoms with Crippen LogP contribution < -0.4 is 5.43 Å². The van der Waals surface area contributed by atoms with Gasteiger partial charge in [-0.05, 0) is 60.8 Å². The van der Waals surface area contributed by atoms with Crippen LogP contribution in [0.5, 0.6) is 0 Å². The van der Waals surface area contributed by atoms with Gasteiger partial charge in [-0.3, -0.25) is 4.79 Å². The molecule has 0 aliphatic heterocycles. The number of benzene rings is 2. The van der Waals surface area contributed by atoms with E-state index in [0.717, 1.165) is 32.7 Å². The average molecular weight is 468 g/mol. The summed E-state index contributed by atoms with van der Waals surface area (Å²) in [4.78, 5) is 12.5. The fraction of sp³-hybridized carbons (Fsp3) is 0.250. The maximum Gasteiger partial charge on any atom is 0.273 e. The fourth-order valence-electron chi connectivity index (χ4n) is 3.63. The molecule has 0 radical (unpaired) electrons. The average Bonchev–Trinajstić information content (AvgIpc) is 2.93. The zero-order valence-electron chi connectivity index (χ0n) is 17.9. The van der Waals surface area contributed by atoms with E-state index >= 15 is 0 Å². The lowest BCUT2D eigenvalue weighted by molar-refractivity contribution is -0.131. The first kappa shape index (κ1) is 22.0. The Hall–Kier alpha value is -2.70. The molecule has 5 nitrogen and oxygen atoms in total. The first-order chi connectivity index (χ1) is 14.3. The number of hydrazone groups is 1. The summed E-state index contributed by atoms with van der Waals surface area (Å²) in [5.74, 6) is -0.320. The summed E-state index contributed by atoms with van der Waals surface area (Å²) in [6.07, 6.45) is 0.955. The van der Waals surface area contributed by atoms with E-state index in [1.54, 1.807) is 6.21 Å². The second kappa shape index (κ2) is 9.41. The van der Waals surface area contributed by atoms with Gasteiger partial charge in [0.05, 0.1) is 6.21 Å². The number of amides is 1. The lowest BCUT2D eigenvalue weighted by atomic mass is 10.1. The molecule has 0 saturated carbocycles. The summed E-state index contributed by atoms with van der Waals surface area (Å²) >= 11 is 3.69. The number of nitrogens with zero attached hydrogens (tertiary/aromatic N) is 2. The van der Waals surface area contributed by atoms with Crippen LogP contribution in [0.3, 0.4) is 0 Å². The highest BCUT2D eigenvalue weighted by atomic mass is 79.9. The largest absolute Gasteiger partial charge is 0.367 e. The maximum atomic E-state index is 12.5. The highest BCUT2D eigenvalue weighted by Gasteiger charge is 2.20. The summed E-state index contributed by atoms with van der Waals surface area (Å²) in [6.45, 7) is 8.30. The molecule has 0 saturated heterocycles. The van der Waals surface area contributed by atoms with Crippen LogP contribution in [0.1, 0.15) is 39.7 Å². The zero-order valence-corrected chi connectivity index (χ0v) is 19.4. The Morgan fingerprint density at radius 3 is 2.43 bits per heavy atom. The number of aryl methyl sites for hydroxylation is 2. The van der Waals surface area contributed by atoms with Crippen molar-refractivity contribution < 1.29 is 9.53 Å². The molecule has 3 aromatic rings. The first-order valence-corrected chi connectivity index (χ1v) is 10.5. The van der Waals surface area contributed by atoms with Crippen molar-refractivity contribution in [2.45, 2.75) is 33.8 Å². The van der Waals surface area contributed by atoms with Crippen molar-refractivity contribution >= 4 is 28.1 Å². The van der Waals surface area contributed by atoms with Gasteiger partial charge in [-0.15, -0.1) is 0 Å². The van der Waals surface area contributed by atoms with Crippen molar-refractivity contribution in [3.05, 3.63) is 86.6 Å². The van der Waals surface area contributed by atoms with Gasteiger partial charge in [0.2, 0.25) is 0 Å². The lowest BCUT2D eigenvalue weighted by Gasteiger charge is -2.13. The number of halogens is 1. The van der Waals surface area contributed by atoms with Crippen molar-refractivity contribution in [1.82, 2.24) is 9.99 Å². The molecule has 156 valence electrons. The van der Waals surface area contributed by atoms with Crippen molar-refractivity contribution in [3.8, 4) is 5.69 Å². The predicted molar refractivity (Wildman–Crippen MR) is 124 cm³/mol.